The highest BCUT2D eigenvalue weighted by Crippen LogP contribution is 2.28. The zero-order chi connectivity index (χ0) is 16.2. The van der Waals surface area contributed by atoms with E-state index in [1.807, 2.05) is 6.07 Å². The highest BCUT2D eigenvalue weighted by atomic mass is 16.6. The first-order chi connectivity index (χ1) is 11.2. The van der Waals surface area contributed by atoms with Crippen molar-refractivity contribution in [1.29, 1.82) is 0 Å². The number of aromatic nitrogens is 5. The first-order valence-corrected chi connectivity index (χ1v) is 6.75. The Bertz CT molecular complexity index is 848. The zero-order valence-electron chi connectivity index (χ0n) is 12.2. The summed E-state index contributed by atoms with van der Waals surface area (Å²) in [4.78, 5) is 18.9. The van der Waals surface area contributed by atoms with E-state index in [4.69, 9.17) is 4.74 Å². The molecular weight excluding hydrogens is 302 g/mol. The monoisotopic (exact) mass is 315 g/mol. The zero-order valence-corrected chi connectivity index (χ0v) is 12.2. The van der Waals surface area contributed by atoms with Gasteiger partial charge in [-0.3, -0.25) is 10.1 Å². The van der Waals surface area contributed by atoms with E-state index in [-0.39, 0.29) is 17.3 Å². The van der Waals surface area contributed by atoms with Gasteiger partial charge in [-0.1, -0.05) is 17.3 Å². The molecule has 10 heteroatoms. The van der Waals surface area contributed by atoms with Crippen LogP contribution in [0.15, 0.2) is 30.6 Å². The van der Waals surface area contributed by atoms with Crippen molar-refractivity contribution >= 4 is 22.5 Å². The van der Waals surface area contributed by atoms with Crippen LogP contribution in [0, 0.1) is 10.1 Å². The van der Waals surface area contributed by atoms with Crippen LogP contribution < -0.4 is 5.32 Å². The molecule has 0 spiro atoms. The third kappa shape index (κ3) is 2.79. The third-order valence-corrected chi connectivity index (χ3v) is 3.14. The maximum atomic E-state index is 11.5. The minimum Gasteiger partial charge on any atom is -0.383 e. The molecule has 0 aliphatic heterocycles. The minimum atomic E-state index is -0.541. The number of anilines is 1. The molecule has 23 heavy (non-hydrogen) atoms. The highest BCUT2D eigenvalue weighted by Gasteiger charge is 2.26. The van der Waals surface area contributed by atoms with E-state index >= 15 is 0 Å². The lowest BCUT2D eigenvalue weighted by Crippen LogP contribution is -2.13. The summed E-state index contributed by atoms with van der Waals surface area (Å²) < 4.78 is 6.25. The Hall–Kier alpha value is -3.14. The molecule has 2 heterocycles. The molecule has 2 aromatic heterocycles. The largest absolute Gasteiger partial charge is 0.383 e. The minimum absolute atomic E-state index is 0.0543. The van der Waals surface area contributed by atoms with E-state index in [2.05, 4.69) is 25.6 Å². The molecule has 0 bridgehead atoms. The van der Waals surface area contributed by atoms with E-state index in [1.54, 1.807) is 25.3 Å². The van der Waals surface area contributed by atoms with Gasteiger partial charge in [-0.05, 0) is 12.1 Å². The molecule has 3 aromatic rings. The smallest absolute Gasteiger partial charge is 0.355 e. The SMILES string of the molecule is COCCNc1ncnc(-n2nnc3ccccc32)c1[N+](=O)[O-]. The van der Waals surface area contributed by atoms with E-state index in [0.29, 0.717) is 24.2 Å². The van der Waals surface area contributed by atoms with Gasteiger partial charge in [-0.15, -0.1) is 5.10 Å². The van der Waals surface area contributed by atoms with Crippen LogP contribution in [-0.4, -0.2) is 50.1 Å². The molecule has 0 aliphatic rings. The molecule has 0 saturated heterocycles. The summed E-state index contributed by atoms with van der Waals surface area (Å²) in [6.45, 7) is 0.772. The molecule has 0 saturated carbocycles. The van der Waals surface area contributed by atoms with Crippen molar-refractivity contribution in [2.75, 3.05) is 25.6 Å². The van der Waals surface area contributed by atoms with E-state index in [1.165, 1.54) is 11.0 Å². The van der Waals surface area contributed by atoms with Crippen LogP contribution in [-0.2, 0) is 4.74 Å². The Morgan fingerprint density at radius 1 is 1.35 bits per heavy atom. The van der Waals surface area contributed by atoms with Gasteiger partial charge in [0, 0.05) is 13.7 Å². The topological polar surface area (TPSA) is 121 Å². The van der Waals surface area contributed by atoms with Crippen LogP contribution in [0.25, 0.3) is 16.9 Å². The Morgan fingerprint density at radius 3 is 2.96 bits per heavy atom. The van der Waals surface area contributed by atoms with Gasteiger partial charge in [0.15, 0.2) is 0 Å². The molecule has 0 aliphatic carbocycles. The molecule has 10 nitrogen and oxygen atoms in total. The molecular formula is C13H13N7O3. The first kappa shape index (κ1) is 14.8. The molecule has 1 aromatic carbocycles. The van der Waals surface area contributed by atoms with Crippen molar-refractivity contribution in [2.24, 2.45) is 0 Å². The molecule has 3 rings (SSSR count). The predicted molar refractivity (Wildman–Crippen MR) is 81.5 cm³/mol. The fraction of sp³-hybridized carbons (Fsp3) is 0.231. The lowest BCUT2D eigenvalue weighted by molar-refractivity contribution is -0.384. The van der Waals surface area contributed by atoms with Crippen molar-refractivity contribution < 1.29 is 9.66 Å². The van der Waals surface area contributed by atoms with Gasteiger partial charge in [-0.2, -0.15) is 4.68 Å². The molecule has 0 unspecified atom stereocenters. The quantitative estimate of drug-likeness (QED) is 0.409. The van der Waals surface area contributed by atoms with Crippen molar-refractivity contribution in [3.63, 3.8) is 0 Å². The standard InChI is InChI=1S/C13H13N7O3/c1-23-7-6-14-12-11(20(21)22)13(16-8-15-12)19-10-5-3-2-4-9(10)17-18-19/h2-5,8H,6-7H2,1H3,(H,14,15,16). The number of nitrogens with one attached hydrogen (secondary N) is 1. The fourth-order valence-electron chi connectivity index (χ4n) is 2.12. The summed E-state index contributed by atoms with van der Waals surface area (Å²) in [6.07, 6.45) is 1.24. The fourth-order valence-corrected chi connectivity index (χ4v) is 2.12. The van der Waals surface area contributed by atoms with Gasteiger partial charge in [0.1, 0.15) is 11.8 Å². The number of benzene rings is 1. The number of ether oxygens (including phenoxy) is 1. The second-order valence-electron chi connectivity index (χ2n) is 4.56. The highest BCUT2D eigenvalue weighted by molar-refractivity contribution is 5.77. The van der Waals surface area contributed by atoms with Gasteiger partial charge in [0.25, 0.3) is 0 Å². The van der Waals surface area contributed by atoms with Crippen molar-refractivity contribution in [2.45, 2.75) is 0 Å². The summed E-state index contributed by atoms with van der Waals surface area (Å²) in [5.41, 5.74) is 0.978. The summed E-state index contributed by atoms with van der Waals surface area (Å²) in [5, 5.41) is 22.3. The number of nitrogens with zero attached hydrogens (tertiary/aromatic N) is 6. The van der Waals surface area contributed by atoms with Gasteiger partial charge >= 0.3 is 5.69 Å². The Morgan fingerprint density at radius 2 is 2.17 bits per heavy atom. The molecule has 0 fully saturated rings. The Balaban J connectivity index is 2.11. The Labute approximate surface area is 130 Å². The van der Waals surface area contributed by atoms with Crippen LogP contribution in [0.3, 0.4) is 0 Å². The van der Waals surface area contributed by atoms with Crippen LogP contribution in [0.1, 0.15) is 0 Å². The molecule has 0 atom stereocenters. The summed E-state index contributed by atoms with van der Waals surface area (Å²) in [5.74, 6) is 0.162. The molecule has 1 N–H and O–H groups in total. The van der Waals surface area contributed by atoms with Crippen molar-refractivity contribution in [3.05, 3.63) is 40.7 Å². The summed E-state index contributed by atoms with van der Waals surface area (Å²) in [7, 11) is 1.54. The lowest BCUT2D eigenvalue weighted by atomic mass is 10.3. The third-order valence-electron chi connectivity index (χ3n) is 3.14. The number of fused-ring (bicyclic) bond motifs is 1. The van der Waals surface area contributed by atoms with Crippen LogP contribution in [0.5, 0.6) is 0 Å². The van der Waals surface area contributed by atoms with E-state index < -0.39 is 4.92 Å². The average Bonchev–Trinajstić information content (AvgIpc) is 2.98. The van der Waals surface area contributed by atoms with Crippen molar-refractivity contribution in [3.8, 4) is 5.82 Å². The molecule has 118 valence electrons. The van der Waals surface area contributed by atoms with Crippen LogP contribution in [0.2, 0.25) is 0 Å². The number of para-hydroxylation sites is 1. The van der Waals surface area contributed by atoms with Gasteiger partial charge in [-0.25, -0.2) is 9.97 Å². The summed E-state index contributed by atoms with van der Waals surface area (Å²) >= 11 is 0. The molecule has 0 radical (unpaired) electrons. The second kappa shape index (κ2) is 6.32. The number of rotatable bonds is 6. The number of hydrogen-bond acceptors (Lipinski definition) is 8. The Kier molecular flexibility index (Phi) is 4.06. The number of methoxy groups -OCH3 is 1. The normalized spacial score (nSPS) is 10.8. The second-order valence-corrected chi connectivity index (χ2v) is 4.56. The first-order valence-electron chi connectivity index (χ1n) is 6.75. The molecule has 0 amide bonds. The van der Waals surface area contributed by atoms with Crippen LogP contribution >= 0.6 is 0 Å². The predicted octanol–water partition coefficient (Wildman–Crippen LogP) is 1.18. The van der Waals surface area contributed by atoms with E-state index in [9.17, 15) is 10.1 Å². The summed E-state index contributed by atoms with van der Waals surface area (Å²) in [6, 6.07) is 7.14. The number of nitro groups is 1. The maximum absolute atomic E-state index is 11.5. The van der Waals surface area contributed by atoms with E-state index in [0.717, 1.165) is 0 Å². The lowest BCUT2D eigenvalue weighted by Gasteiger charge is -2.08. The maximum Gasteiger partial charge on any atom is 0.355 e. The average molecular weight is 315 g/mol. The number of hydrogen-bond donors (Lipinski definition) is 1. The van der Waals surface area contributed by atoms with Gasteiger partial charge < -0.3 is 10.1 Å². The van der Waals surface area contributed by atoms with Gasteiger partial charge in [0.2, 0.25) is 11.6 Å². The van der Waals surface area contributed by atoms with Crippen molar-refractivity contribution in [1.82, 2.24) is 25.0 Å². The van der Waals surface area contributed by atoms with Gasteiger partial charge in [0.05, 0.1) is 17.0 Å². The van der Waals surface area contributed by atoms with Crippen LogP contribution in [0.4, 0.5) is 11.5 Å².